The van der Waals surface area contributed by atoms with E-state index in [2.05, 4.69) is 65.0 Å². The Balaban J connectivity index is 1.29. The van der Waals surface area contributed by atoms with E-state index in [0.717, 1.165) is 67.4 Å². The number of piperidine rings is 1. The highest BCUT2D eigenvalue weighted by atomic mass is 35.5. The van der Waals surface area contributed by atoms with Crippen molar-refractivity contribution < 1.29 is 9.53 Å². The molecule has 2 fully saturated rings. The summed E-state index contributed by atoms with van der Waals surface area (Å²) in [5.74, 6) is 0. The SMILES string of the molecule is C=C(NC1CCN(Cc2ccc(C)c(Cl)c2)CC1)c1ccc(C)c(N2CCN(C(=O)OC(C)(C)C)CC2)c1. The van der Waals surface area contributed by atoms with Crippen LogP contribution in [0, 0.1) is 13.8 Å². The van der Waals surface area contributed by atoms with Gasteiger partial charge in [-0.15, -0.1) is 0 Å². The third-order valence-corrected chi connectivity index (χ3v) is 7.85. The fourth-order valence-electron chi connectivity index (χ4n) is 5.15. The van der Waals surface area contributed by atoms with Gasteiger partial charge in [0.1, 0.15) is 5.60 Å². The maximum Gasteiger partial charge on any atom is 0.410 e. The minimum absolute atomic E-state index is 0.228. The van der Waals surface area contributed by atoms with Crippen LogP contribution in [0.25, 0.3) is 5.70 Å². The summed E-state index contributed by atoms with van der Waals surface area (Å²) in [7, 11) is 0. The summed E-state index contributed by atoms with van der Waals surface area (Å²) >= 11 is 6.32. The van der Waals surface area contributed by atoms with Gasteiger partial charge in [-0.25, -0.2) is 4.79 Å². The number of hydrogen-bond donors (Lipinski definition) is 1. The monoisotopic (exact) mass is 538 g/mol. The Hall–Kier alpha value is -2.70. The van der Waals surface area contributed by atoms with Crippen LogP contribution in [-0.2, 0) is 11.3 Å². The van der Waals surface area contributed by atoms with E-state index in [1.165, 1.54) is 16.8 Å². The van der Waals surface area contributed by atoms with Crippen LogP contribution in [0.2, 0.25) is 5.02 Å². The zero-order valence-electron chi connectivity index (χ0n) is 23.6. The summed E-state index contributed by atoms with van der Waals surface area (Å²) in [6.45, 7) is 20.2. The molecule has 0 saturated carbocycles. The van der Waals surface area contributed by atoms with Crippen LogP contribution in [0.5, 0.6) is 0 Å². The Kier molecular flexibility index (Phi) is 8.94. The summed E-state index contributed by atoms with van der Waals surface area (Å²) in [6.07, 6.45) is 1.95. The number of carbonyl (C=O) groups excluding carboxylic acids is 1. The molecule has 0 unspecified atom stereocenters. The molecule has 0 radical (unpaired) electrons. The average molecular weight is 539 g/mol. The summed E-state index contributed by atoms with van der Waals surface area (Å²) in [6, 6.07) is 13.4. The predicted octanol–water partition coefficient (Wildman–Crippen LogP) is 6.24. The Morgan fingerprint density at radius 3 is 2.29 bits per heavy atom. The Morgan fingerprint density at radius 2 is 1.66 bits per heavy atom. The fourth-order valence-corrected chi connectivity index (χ4v) is 5.36. The number of amides is 1. The Bertz CT molecular complexity index is 1140. The first-order valence-electron chi connectivity index (χ1n) is 13.8. The van der Waals surface area contributed by atoms with Gasteiger partial charge in [-0.05, 0) is 81.8 Å². The van der Waals surface area contributed by atoms with Gasteiger partial charge in [0.05, 0.1) is 0 Å². The van der Waals surface area contributed by atoms with Crippen LogP contribution in [-0.4, -0.2) is 66.8 Å². The van der Waals surface area contributed by atoms with Gasteiger partial charge >= 0.3 is 6.09 Å². The van der Waals surface area contributed by atoms with Gasteiger partial charge in [0.15, 0.2) is 0 Å². The molecule has 2 aliphatic heterocycles. The molecule has 1 amide bonds. The van der Waals surface area contributed by atoms with E-state index in [1.807, 2.05) is 27.7 Å². The van der Waals surface area contributed by atoms with Crippen LogP contribution in [0.3, 0.4) is 0 Å². The number of hydrogen-bond acceptors (Lipinski definition) is 5. The van der Waals surface area contributed by atoms with Crippen molar-refractivity contribution in [3.05, 3.63) is 70.3 Å². The van der Waals surface area contributed by atoms with Crippen molar-refractivity contribution in [1.29, 1.82) is 0 Å². The van der Waals surface area contributed by atoms with Crippen molar-refractivity contribution in [3.8, 4) is 0 Å². The maximum atomic E-state index is 12.5. The number of nitrogens with one attached hydrogen (secondary N) is 1. The van der Waals surface area contributed by atoms with Crippen LogP contribution >= 0.6 is 11.6 Å². The van der Waals surface area contributed by atoms with E-state index in [-0.39, 0.29) is 6.09 Å². The summed E-state index contributed by atoms with van der Waals surface area (Å²) in [5.41, 5.74) is 6.46. The normalized spacial score (nSPS) is 17.4. The Labute approximate surface area is 233 Å². The van der Waals surface area contributed by atoms with E-state index in [1.54, 1.807) is 4.90 Å². The molecule has 0 bridgehead atoms. The molecule has 4 rings (SSSR count). The lowest BCUT2D eigenvalue weighted by atomic mass is 10.0. The van der Waals surface area contributed by atoms with Crippen molar-refractivity contribution in [1.82, 2.24) is 15.1 Å². The lowest BCUT2D eigenvalue weighted by molar-refractivity contribution is 0.0240. The number of benzene rings is 2. The van der Waals surface area contributed by atoms with Crippen molar-refractivity contribution in [2.75, 3.05) is 44.2 Å². The molecule has 2 aromatic rings. The zero-order valence-corrected chi connectivity index (χ0v) is 24.4. The topological polar surface area (TPSA) is 48.0 Å². The standard InChI is InChI=1S/C31H43ClN4O2/c1-22-7-9-25(19-28(22)32)21-34-13-11-27(12-14-34)33-24(3)26-10-8-23(2)29(20-26)35-15-17-36(18-16-35)30(37)38-31(4,5)6/h7-10,19-20,27,33H,3,11-18,21H2,1-2,4-6H3. The second kappa shape index (κ2) is 12.0. The molecule has 0 spiro atoms. The Morgan fingerprint density at radius 1 is 1.00 bits per heavy atom. The number of nitrogens with zero attached hydrogens (tertiary/aromatic N) is 3. The molecule has 2 saturated heterocycles. The van der Waals surface area contributed by atoms with Crippen LogP contribution in [0.4, 0.5) is 10.5 Å². The lowest BCUT2D eigenvalue weighted by Crippen LogP contribution is -2.50. The number of aryl methyl sites for hydroxylation is 2. The molecular formula is C31H43ClN4O2. The molecular weight excluding hydrogens is 496 g/mol. The first kappa shape index (κ1) is 28.3. The maximum absolute atomic E-state index is 12.5. The number of likely N-dealkylation sites (tertiary alicyclic amines) is 1. The number of ether oxygens (including phenoxy) is 1. The molecule has 206 valence electrons. The molecule has 2 heterocycles. The second-order valence-corrected chi connectivity index (χ2v) is 12.1. The van der Waals surface area contributed by atoms with Crippen LogP contribution in [0.15, 0.2) is 43.0 Å². The van der Waals surface area contributed by atoms with E-state index in [0.29, 0.717) is 19.1 Å². The third-order valence-electron chi connectivity index (χ3n) is 7.44. The van der Waals surface area contributed by atoms with Gasteiger partial charge in [-0.2, -0.15) is 0 Å². The zero-order chi connectivity index (χ0) is 27.4. The van der Waals surface area contributed by atoms with E-state index < -0.39 is 5.60 Å². The predicted molar refractivity (Wildman–Crippen MR) is 158 cm³/mol. The van der Waals surface area contributed by atoms with Gasteiger partial charge < -0.3 is 19.9 Å². The molecule has 2 aromatic carbocycles. The minimum atomic E-state index is -0.474. The molecule has 0 aliphatic carbocycles. The van der Waals surface area contributed by atoms with Gasteiger partial charge in [0, 0.05) is 68.3 Å². The summed E-state index contributed by atoms with van der Waals surface area (Å²) in [4.78, 5) is 19.1. The van der Waals surface area contributed by atoms with Crippen molar-refractivity contribution in [2.24, 2.45) is 0 Å². The van der Waals surface area contributed by atoms with Crippen LogP contribution in [0.1, 0.15) is 55.9 Å². The smallest absolute Gasteiger partial charge is 0.410 e. The van der Waals surface area contributed by atoms with Gasteiger partial charge in [0.25, 0.3) is 0 Å². The average Bonchev–Trinajstić information content (AvgIpc) is 2.87. The fraction of sp³-hybridized carbons (Fsp3) is 0.516. The largest absolute Gasteiger partial charge is 0.444 e. The van der Waals surface area contributed by atoms with Crippen molar-refractivity contribution in [2.45, 2.75) is 65.6 Å². The number of carbonyl (C=O) groups is 1. The van der Waals surface area contributed by atoms with Crippen LogP contribution < -0.4 is 10.2 Å². The minimum Gasteiger partial charge on any atom is -0.444 e. The molecule has 7 heteroatoms. The molecule has 0 atom stereocenters. The number of rotatable bonds is 6. The number of piperazine rings is 1. The molecule has 6 nitrogen and oxygen atoms in total. The van der Waals surface area contributed by atoms with Crippen molar-refractivity contribution >= 4 is 29.1 Å². The van der Waals surface area contributed by atoms with Crippen molar-refractivity contribution in [3.63, 3.8) is 0 Å². The highest BCUT2D eigenvalue weighted by Crippen LogP contribution is 2.27. The number of anilines is 1. The third kappa shape index (κ3) is 7.45. The first-order chi connectivity index (χ1) is 18.0. The van der Waals surface area contributed by atoms with E-state index in [9.17, 15) is 4.79 Å². The molecule has 1 N–H and O–H groups in total. The molecule has 0 aromatic heterocycles. The summed E-state index contributed by atoms with van der Waals surface area (Å²) in [5, 5.41) is 4.54. The highest BCUT2D eigenvalue weighted by molar-refractivity contribution is 6.31. The first-order valence-corrected chi connectivity index (χ1v) is 14.1. The number of halogens is 1. The lowest BCUT2D eigenvalue weighted by Gasteiger charge is -2.37. The van der Waals surface area contributed by atoms with E-state index in [4.69, 9.17) is 16.3 Å². The molecule has 2 aliphatic rings. The molecule has 38 heavy (non-hydrogen) atoms. The van der Waals surface area contributed by atoms with Gasteiger partial charge in [-0.3, -0.25) is 4.90 Å². The van der Waals surface area contributed by atoms with Gasteiger partial charge in [0.2, 0.25) is 0 Å². The second-order valence-electron chi connectivity index (χ2n) is 11.7. The summed E-state index contributed by atoms with van der Waals surface area (Å²) < 4.78 is 5.55. The highest BCUT2D eigenvalue weighted by Gasteiger charge is 2.27. The quantitative estimate of drug-likeness (QED) is 0.472. The van der Waals surface area contributed by atoms with Gasteiger partial charge in [-0.1, -0.05) is 42.4 Å². The van der Waals surface area contributed by atoms with E-state index >= 15 is 0 Å².